The summed E-state index contributed by atoms with van der Waals surface area (Å²) in [6.07, 6.45) is 4.22. The van der Waals surface area contributed by atoms with E-state index in [-0.39, 0.29) is 17.8 Å². The third-order valence-electron chi connectivity index (χ3n) is 5.74. The molecule has 1 aliphatic heterocycles. The number of aryl methyl sites for hydroxylation is 2. The second kappa shape index (κ2) is 9.02. The molecule has 1 saturated heterocycles. The number of nitrogens with two attached hydrogens (primary N) is 1. The first-order valence-electron chi connectivity index (χ1n) is 10.5. The number of benzene rings is 1. The Kier molecular flexibility index (Phi) is 6.18. The molecule has 4 rings (SSSR count). The normalized spacial score (nSPS) is 16.4. The predicted molar refractivity (Wildman–Crippen MR) is 122 cm³/mol. The Hall–Kier alpha value is -2.99. The summed E-state index contributed by atoms with van der Waals surface area (Å²) in [4.78, 5) is 27.9. The van der Waals surface area contributed by atoms with Crippen LogP contribution in [0.15, 0.2) is 42.6 Å². The zero-order valence-electron chi connectivity index (χ0n) is 17.8. The van der Waals surface area contributed by atoms with E-state index in [1.807, 2.05) is 30.0 Å². The van der Waals surface area contributed by atoms with Crippen molar-refractivity contribution in [3.8, 4) is 0 Å². The summed E-state index contributed by atoms with van der Waals surface area (Å²) in [7, 11) is 0. The van der Waals surface area contributed by atoms with E-state index >= 15 is 0 Å². The second-order valence-corrected chi connectivity index (χ2v) is 8.53. The van der Waals surface area contributed by atoms with Gasteiger partial charge in [-0.1, -0.05) is 29.8 Å². The van der Waals surface area contributed by atoms with Gasteiger partial charge in [-0.05, 0) is 62.4 Å². The molecule has 6 nitrogen and oxygen atoms in total. The van der Waals surface area contributed by atoms with Crippen molar-refractivity contribution in [1.82, 2.24) is 19.9 Å². The van der Waals surface area contributed by atoms with Crippen LogP contribution in [0, 0.1) is 13.8 Å². The van der Waals surface area contributed by atoms with Crippen LogP contribution in [0.3, 0.4) is 0 Å². The van der Waals surface area contributed by atoms with Gasteiger partial charge < -0.3 is 10.6 Å². The van der Waals surface area contributed by atoms with E-state index < -0.39 is 0 Å². The van der Waals surface area contributed by atoms with Crippen LogP contribution in [0.25, 0.3) is 0 Å². The summed E-state index contributed by atoms with van der Waals surface area (Å²) in [6, 6.07) is 12.2. The monoisotopic (exact) mass is 435 g/mol. The zero-order valence-corrected chi connectivity index (χ0v) is 18.6. The van der Waals surface area contributed by atoms with E-state index in [1.165, 1.54) is 11.8 Å². The van der Waals surface area contributed by atoms with Gasteiger partial charge in [0.2, 0.25) is 5.95 Å². The van der Waals surface area contributed by atoms with Crippen LogP contribution in [0.2, 0.25) is 5.02 Å². The maximum Gasteiger partial charge on any atom is 0.257 e. The van der Waals surface area contributed by atoms with Gasteiger partial charge in [0.1, 0.15) is 0 Å². The number of nitrogens with zero attached hydrogens (tertiary/aromatic N) is 4. The highest BCUT2D eigenvalue weighted by molar-refractivity contribution is 6.31. The van der Waals surface area contributed by atoms with Gasteiger partial charge >= 0.3 is 0 Å². The molecule has 1 unspecified atom stereocenters. The van der Waals surface area contributed by atoms with Gasteiger partial charge in [0.05, 0.1) is 11.3 Å². The van der Waals surface area contributed by atoms with E-state index in [1.54, 1.807) is 6.92 Å². The summed E-state index contributed by atoms with van der Waals surface area (Å²) in [5, 5.41) is 0.772. The Bertz CT molecular complexity index is 1120. The lowest BCUT2D eigenvalue weighted by Crippen LogP contribution is -2.39. The lowest BCUT2D eigenvalue weighted by Gasteiger charge is -2.33. The highest BCUT2D eigenvalue weighted by atomic mass is 35.5. The number of hydrogen-bond acceptors (Lipinski definition) is 5. The van der Waals surface area contributed by atoms with Gasteiger partial charge in [-0.3, -0.25) is 9.78 Å². The molecule has 0 aliphatic carbocycles. The van der Waals surface area contributed by atoms with Gasteiger partial charge in [0.25, 0.3) is 5.91 Å². The number of carbonyl (C=O) groups excluding carboxylic acids is 1. The Morgan fingerprint density at radius 3 is 2.81 bits per heavy atom. The van der Waals surface area contributed by atoms with Crippen LogP contribution in [-0.2, 0) is 6.42 Å². The van der Waals surface area contributed by atoms with Crippen LogP contribution >= 0.6 is 11.6 Å². The van der Waals surface area contributed by atoms with Crippen LogP contribution in [0.4, 0.5) is 5.95 Å². The maximum atomic E-state index is 13.1. The average molecular weight is 436 g/mol. The van der Waals surface area contributed by atoms with Crippen LogP contribution < -0.4 is 5.73 Å². The fraction of sp³-hybridized carbons (Fsp3) is 0.333. The molecule has 31 heavy (non-hydrogen) atoms. The standard InChI is InChI=1S/C24H26ClN5O/c1-15-10-17(11-18-6-3-4-8-21(18)25)12-22(28-15)19-7-5-9-30(14-19)23(31)20-13-27-24(26)29-16(20)2/h3-4,6,8,10,12-13,19H,5,7,9,11,14H2,1-2H3,(H2,26,27,29). The molecule has 3 heterocycles. The van der Waals surface area contributed by atoms with Crippen molar-refractivity contribution in [1.29, 1.82) is 0 Å². The van der Waals surface area contributed by atoms with Gasteiger partial charge in [-0.15, -0.1) is 0 Å². The minimum Gasteiger partial charge on any atom is -0.368 e. The first-order chi connectivity index (χ1) is 14.9. The number of anilines is 1. The fourth-order valence-electron chi connectivity index (χ4n) is 4.21. The zero-order chi connectivity index (χ0) is 22.0. The Morgan fingerprint density at radius 1 is 1.23 bits per heavy atom. The van der Waals surface area contributed by atoms with Crippen molar-refractivity contribution in [3.05, 3.63) is 81.4 Å². The quantitative estimate of drug-likeness (QED) is 0.659. The fourth-order valence-corrected chi connectivity index (χ4v) is 4.41. The molecular weight excluding hydrogens is 410 g/mol. The van der Waals surface area contributed by atoms with Crippen molar-refractivity contribution in [2.45, 2.75) is 39.0 Å². The van der Waals surface area contributed by atoms with Gasteiger partial charge in [0, 0.05) is 41.6 Å². The summed E-state index contributed by atoms with van der Waals surface area (Å²) in [6.45, 7) is 5.15. The largest absolute Gasteiger partial charge is 0.368 e. The first kappa shape index (κ1) is 21.2. The number of carbonyl (C=O) groups is 1. The molecule has 0 bridgehead atoms. The maximum absolute atomic E-state index is 13.1. The first-order valence-corrected chi connectivity index (χ1v) is 10.9. The SMILES string of the molecule is Cc1cc(Cc2ccccc2Cl)cc(C2CCCN(C(=O)c3cnc(N)nc3C)C2)n1. The number of rotatable bonds is 4. The molecule has 1 fully saturated rings. The highest BCUT2D eigenvalue weighted by Gasteiger charge is 2.28. The van der Waals surface area contributed by atoms with E-state index in [4.69, 9.17) is 22.3 Å². The molecule has 2 aromatic heterocycles. The second-order valence-electron chi connectivity index (χ2n) is 8.13. The molecule has 1 aliphatic rings. The Balaban J connectivity index is 1.55. The van der Waals surface area contributed by atoms with Crippen molar-refractivity contribution >= 4 is 23.5 Å². The van der Waals surface area contributed by atoms with Gasteiger partial charge in [-0.2, -0.15) is 0 Å². The molecule has 0 spiro atoms. The number of pyridine rings is 1. The summed E-state index contributed by atoms with van der Waals surface area (Å²) < 4.78 is 0. The van der Waals surface area contributed by atoms with E-state index in [9.17, 15) is 4.79 Å². The van der Waals surface area contributed by atoms with Crippen molar-refractivity contribution < 1.29 is 4.79 Å². The minimum atomic E-state index is -0.0499. The highest BCUT2D eigenvalue weighted by Crippen LogP contribution is 2.29. The van der Waals surface area contributed by atoms with Crippen molar-refractivity contribution in [3.63, 3.8) is 0 Å². The smallest absolute Gasteiger partial charge is 0.257 e. The number of nitrogen functional groups attached to an aromatic ring is 1. The number of hydrogen-bond donors (Lipinski definition) is 1. The van der Waals surface area contributed by atoms with Crippen LogP contribution in [-0.4, -0.2) is 38.8 Å². The summed E-state index contributed by atoms with van der Waals surface area (Å²) in [5.74, 6) is 0.323. The van der Waals surface area contributed by atoms with Crippen molar-refractivity contribution in [2.24, 2.45) is 0 Å². The molecule has 1 aromatic carbocycles. The third-order valence-corrected chi connectivity index (χ3v) is 6.11. The van der Waals surface area contributed by atoms with Gasteiger partial charge in [0.15, 0.2) is 0 Å². The number of halogens is 1. The molecule has 1 atom stereocenters. The van der Waals surface area contributed by atoms with Crippen molar-refractivity contribution in [2.75, 3.05) is 18.8 Å². The lowest BCUT2D eigenvalue weighted by molar-refractivity contribution is 0.0704. The molecule has 0 saturated carbocycles. The molecule has 3 aromatic rings. The summed E-state index contributed by atoms with van der Waals surface area (Å²) >= 11 is 6.36. The van der Waals surface area contributed by atoms with E-state index in [2.05, 4.69) is 28.2 Å². The molecule has 1 amide bonds. The number of likely N-dealkylation sites (tertiary alicyclic amines) is 1. The average Bonchev–Trinajstić information content (AvgIpc) is 2.75. The van der Waals surface area contributed by atoms with E-state index in [0.29, 0.717) is 17.8 Å². The third kappa shape index (κ3) is 4.85. The number of piperidine rings is 1. The molecule has 160 valence electrons. The topological polar surface area (TPSA) is 85.0 Å². The van der Waals surface area contributed by atoms with Gasteiger partial charge in [-0.25, -0.2) is 9.97 Å². The molecule has 0 radical (unpaired) electrons. The molecular formula is C24H26ClN5O. The van der Waals surface area contributed by atoms with Crippen LogP contribution in [0.5, 0.6) is 0 Å². The Labute approximate surface area is 187 Å². The van der Waals surface area contributed by atoms with Crippen LogP contribution in [0.1, 0.15) is 57.3 Å². The van der Waals surface area contributed by atoms with E-state index in [0.717, 1.165) is 47.8 Å². The number of aromatic nitrogens is 3. The molecule has 2 N–H and O–H groups in total. The minimum absolute atomic E-state index is 0.0499. The predicted octanol–water partition coefficient (Wildman–Crippen LogP) is 4.33. The number of amides is 1. The summed E-state index contributed by atoms with van der Waals surface area (Å²) in [5.41, 5.74) is 11.0. The Morgan fingerprint density at radius 2 is 2.03 bits per heavy atom. The molecule has 7 heteroatoms. The lowest BCUT2D eigenvalue weighted by atomic mass is 9.92.